The van der Waals surface area contributed by atoms with Crippen LogP contribution in [0.3, 0.4) is 0 Å². The summed E-state index contributed by atoms with van der Waals surface area (Å²) in [4.78, 5) is 12.0. The van der Waals surface area contributed by atoms with E-state index >= 15 is 0 Å². The number of H-pyrrole nitrogens is 1. The van der Waals surface area contributed by atoms with Crippen LogP contribution in [0.5, 0.6) is 5.88 Å². The van der Waals surface area contributed by atoms with E-state index in [1.807, 2.05) is 0 Å². The van der Waals surface area contributed by atoms with Crippen molar-refractivity contribution in [1.29, 1.82) is 0 Å². The lowest BCUT2D eigenvalue weighted by Gasteiger charge is -2.10. The van der Waals surface area contributed by atoms with Gasteiger partial charge in [0, 0.05) is 17.1 Å². The molecule has 0 unspecified atom stereocenters. The zero-order valence-corrected chi connectivity index (χ0v) is 12.9. The normalized spacial score (nSPS) is 10.9. The monoisotopic (exact) mass is 368 g/mol. The highest BCUT2D eigenvalue weighted by Crippen LogP contribution is 2.24. The van der Waals surface area contributed by atoms with Gasteiger partial charge in [0.2, 0.25) is 11.8 Å². The smallest absolute Gasteiger partial charge is 0.368 e. The molecule has 3 aromatic rings. The van der Waals surface area contributed by atoms with E-state index in [1.54, 1.807) is 18.2 Å². The minimum atomic E-state index is -0.590. The second-order valence-corrected chi connectivity index (χ2v) is 5.23. The van der Waals surface area contributed by atoms with Crippen LogP contribution >= 0.6 is 15.9 Å². The number of nitrogens with one attached hydrogen (secondary N) is 1. The Morgan fingerprint density at radius 1 is 1.41 bits per heavy atom. The van der Waals surface area contributed by atoms with Crippen molar-refractivity contribution >= 4 is 15.9 Å². The number of halogens is 2. The first-order valence-electron chi connectivity index (χ1n) is 6.17. The Morgan fingerprint density at radius 2 is 2.23 bits per heavy atom. The number of aryl methyl sites for hydroxylation is 1. The highest BCUT2D eigenvalue weighted by molar-refractivity contribution is 9.10. The fourth-order valence-electron chi connectivity index (χ4n) is 1.85. The first kappa shape index (κ1) is 14.4. The average Bonchev–Trinajstić information content (AvgIpc) is 3.05. The second kappa shape index (κ2) is 5.72. The summed E-state index contributed by atoms with van der Waals surface area (Å²) >= 11 is 3.40. The molecular formula is C12H10BrFN6O2. The third-order valence-corrected chi connectivity index (χ3v) is 3.67. The van der Waals surface area contributed by atoms with Crippen molar-refractivity contribution in [3.05, 3.63) is 50.7 Å². The first-order chi connectivity index (χ1) is 10.6. The van der Waals surface area contributed by atoms with Gasteiger partial charge < -0.3 is 4.74 Å². The number of benzene rings is 1. The quantitative estimate of drug-likeness (QED) is 0.746. The minimum absolute atomic E-state index is 0.0735. The highest BCUT2D eigenvalue weighted by Gasteiger charge is 2.14. The number of tetrazole rings is 1. The van der Waals surface area contributed by atoms with Gasteiger partial charge in [-0.1, -0.05) is 22.0 Å². The lowest BCUT2D eigenvalue weighted by molar-refractivity contribution is 0.292. The molecule has 0 saturated carbocycles. The molecule has 1 N–H and O–H groups in total. The van der Waals surface area contributed by atoms with Crippen molar-refractivity contribution in [2.24, 2.45) is 7.05 Å². The van der Waals surface area contributed by atoms with Crippen molar-refractivity contribution in [1.82, 2.24) is 30.0 Å². The second-order valence-electron chi connectivity index (χ2n) is 4.38. The molecule has 22 heavy (non-hydrogen) atoms. The fourth-order valence-corrected chi connectivity index (χ4v) is 2.33. The summed E-state index contributed by atoms with van der Waals surface area (Å²) in [5, 5.41) is 13.3. The third-order valence-electron chi connectivity index (χ3n) is 2.93. The van der Waals surface area contributed by atoms with Crippen LogP contribution in [0.25, 0.3) is 5.69 Å². The molecule has 0 fully saturated rings. The third kappa shape index (κ3) is 2.64. The molecular weight excluding hydrogens is 359 g/mol. The van der Waals surface area contributed by atoms with Gasteiger partial charge in [-0.05, 0) is 22.6 Å². The van der Waals surface area contributed by atoms with Gasteiger partial charge in [0.05, 0.1) is 11.8 Å². The molecule has 0 aliphatic heterocycles. The van der Waals surface area contributed by atoms with E-state index in [0.717, 1.165) is 19.9 Å². The summed E-state index contributed by atoms with van der Waals surface area (Å²) in [6, 6.07) is 6.41. The Hall–Kier alpha value is -2.49. The Balaban J connectivity index is 1.96. The number of nitrogens with zero attached hydrogens (tertiary/aromatic N) is 5. The summed E-state index contributed by atoms with van der Waals surface area (Å²) < 4.78 is 21.3. The van der Waals surface area contributed by atoms with Gasteiger partial charge in [-0.15, -0.1) is 5.10 Å². The predicted molar refractivity (Wildman–Crippen MR) is 77.2 cm³/mol. The molecule has 0 radical (unpaired) electrons. The van der Waals surface area contributed by atoms with E-state index in [2.05, 4.69) is 36.6 Å². The van der Waals surface area contributed by atoms with Crippen molar-refractivity contribution in [2.75, 3.05) is 0 Å². The molecule has 0 aliphatic rings. The summed E-state index contributed by atoms with van der Waals surface area (Å²) in [5.74, 6) is -0.474. The molecule has 8 nitrogen and oxygen atoms in total. The van der Waals surface area contributed by atoms with Crippen LogP contribution in [0, 0.1) is 5.95 Å². The van der Waals surface area contributed by atoms with Gasteiger partial charge in [0.15, 0.2) is 0 Å². The van der Waals surface area contributed by atoms with Crippen LogP contribution in [0.1, 0.15) is 5.56 Å². The number of hydrogen-bond donors (Lipinski definition) is 1. The van der Waals surface area contributed by atoms with Gasteiger partial charge in [0.25, 0.3) is 0 Å². The summed E-state index contributed by atoms with van der Waals surface area (Å²) in [5.41, 5.74) is 0.794. The molecule has 2 aromatic heterocycles. The van der Waals surface area contributed by atoms with E-state index in [1.165, 1.54) is 7.05 Å². The molecule has 0 bridgehead atoms. The summed E-state index contributed by atoms with van der Waals surface area (Å²) in [6.45, 7) is 0.0735. The van der Waals surface area contributed by atoms with Gasteiger partial charge in [-0.2, -0.15) is 13.8 Å². The molecule has 0 amide bonds. The standard InChI is InChI=1S/C12H10BrFN6O2/c1-19-12(21)20(18-17-19)9-4-2-3-8(13)7(9)6-22-11-5-10(14)15-16-11/h2-5H,6H2,1H3,(H,15,16). The molecule has 0 saturated heterocycles. The number of ether oxygens (including phenoxy) is 1. The van der Waals surface area contributed by atoms with Crippen LogP contribution in [-0.4, -0.2) is 30.0 Å². The first-order valence-corrected chi connectivity index (χ1v) is 6.96. The fraction of sp³-hybridized carbons (Fsp3) is 0.167. The molecule has 0 spiro atoms. The van der Waals surface area contributed by atoms with Crippen molar-refractivity contribution in [3.63, 3.8) is 0 Å². The highest BCUT2D eigenvalue weighted by atomic mass is 79.9. The molecule has 1 aromatic carbocycles. The maximum absolute atomic E-state index is 12.9. The van der Waals surface area contributed by atoms with Crippen LogP contribution in [0.2, 0.25) is 0 Å². The molecule has 0 aliphatic carbocycles. The maximum Gasteiger partial charge on any atom is 0.368 e. The lowest BCUT2D eigenvalue weighted by Crippen LogP contribution is -2.23. The van der Waals surface area contributed by atoms with Crippen molar-refractivity contribution < 1.29 is 9.13 Å². The van der Waals surface area contributed by atoms with Crippen LogP contribution in [0.15, 0.2) is 33.5 Å². The largest absolute Gasteiger partial charge is 0.472 e. The zero-order valence-electron chi connectivity index (χ0n) is 11.3. The van der Waals surface area contributed by atoms with Crippen molar-refractivity contribution in [2.45, 2.75) is 6.61 Å². The van der Waals surface area contributed by atoms with E-state index in [4.69, 9.17) is 4.74 Å². The van der Waals surface area contributed by atoms with Gasteiger partial charge in [0.1, 0.15) is 6.61 Å². The summed E-state index contributed by atoms with van der Waals surface area (Å²) in [7, 11) is 1.51. The zero-order chi connectivity index (χ0) is 15.7. The topological polar surface area (TPSA) is 90.6 Å². The molecule has 2 heterocycles. The molecule has 114 valence electrons. The average molecular weight is 369 g/mol. The van der Waals surface area contributed by atoms with E-state index in [-0.39, 0.29) is 18.2 Å². The van der Waals surface area contributed by atoms with Gasteiger partial charge >= 0.3 is 5.69 Å². The van der Waals surface area contributed by atoms with Crippen LogP contribution in [-0.2, 0) is 13.7 Å². The number of aromatic nitrogens is 6. The number of hydrogen-bond acceptors (Lipinski definition) is 5. The Bertz CT molecular complexity index is 871. The van der Waals surface area contributed by atoms with E-state index in [9.17, 15) is 9.18 Å². The predicted octanol–water partition coefficient (Wildman–Crippen LogP) is 1.17. The number of rotatable bonds is 4. The molecule has 10 heteroatoms. The Morgan fingerprint density at radius 3 is 2.86 bits per heavy atom. The summed E-state index contributed by atoms with van der Waals surface area (Å²) in [6.07, 6.45) is 0. The molecule has 0 atom stereocenters. The van der Waals surface area contributed by atoms with Gasteiger partial charge in [-0.3, -0.25) is 0 Å². The minimum Gasteiger partial charge on any atom is -0.472 e. The Kier molecular flexibility index (Phi) is 3.75. The SMILES string of the molecule is Cn1nnn(-c2cccc(Br)c2COc2cc(F)[nH]n2)c1=O. The lowest BCUT2D eigenvalue weighted by atomic mass is 10.2. The van der Waals surface area contributed by atoms with Crippen LogP contribution in [0.4, 0.5) is 4.39 Å². The van der Waals surface area contributed by atoms with Gasteiger partial charge in [-0.25, -0.2) is 9.89 Å². The van der Waals surface area contributed by atoms with Crippen LogP contribution < -0.4 is 10.4 Å². The Labute approximate surface area is 131 Å². The van der Waals surface area contributed by atoms with E-state index in [0.29, 0.717) is 11.3 Å². The van der Waals surface area contributed by atoms with E-state index < -0.39 is 5.95 Å². The number of aromatic amines is 1. The molecule has 3 rings (SSSR count). The maximum atomic E-state index is 12.9. The van der Waals surface area contributed by atoms with Crippen molar-refractivity contribution in [3.8, 4) is 11.6 Å².